The smallest absolute Gasteiger partial charge is 0.158 e. The van der Waals surface area contributed by atoms with E-state index in [4.69, 9.17) is 16.0 Å². The third-order valence-electron chi connectivity index (χ3n) is 7.92. The summed E-state index contributed by atoms with van der Waals surface area (Å²) in [5.41, 5.74) is 2.78. The fourth-order valence-corrected chi connectivity index (χ4v) is 6.96. The molecule has 4 saturated carbocycles. The lowest BCUT2D eigenvalue weighted by atomic mass is 9.48. The van der Waals surface area contributed by atoms with Crippen molar-refractivity contribution >= 4 is 11.6 Å². The standard InChI is InChI=1S/C24H30ClNO/c1-15-21(4-3-5-22(15)25)23-7-6-20(27-23)14-26-16(2)24-11-17-8-18(12-24)10-19(9-17)13-24/h3-7,16-19,26H,8-14H2,1-2H3/p+1/t16-,17?,18?,19?,24?/m1/s1. The van der Waals surface area contributed by atoms with Crippen LogP contribution in [0.25, 0.3) is 11.3 Å². The lowest BCUT2D eigenvalue weighted by Crippen LogP contribution is -2.91. The van der Waals surface area contributed by atoms with Crippen molar-refractivity contribution < 1.29 is 9.73 Å². The van der Waals surface area contributed by atoms with Crippen LogP contribution < -0.4 is 5.32 Å². The van der Waals surface area contributed by atoms with Crippen LogP contribution in [0, 0.1) is 30.1 Å². The van der Waals surface area contributed by atoms with Crippen LogP contribution in [0.4, 0.5) is 0 Å². The predicted octanol–water partition coefficient (Wildman–Crippen LogP) is 5.58. The molecule has 4 aliphatic rings. The number of halogens is 1. The molecule has 27 heavy (non-hydrogen) atoms. The Morgan fingerprint density at radius 1 is 1.07 bits per heavy atom. The molecule has 2 nitrogen and oxygen atoms in total. The Balaban J connectivity index is 1.27. The molecule has 1 heterocycles. The zero-order valence-electron chi connectivity index (χ0n) is 16.5. The largest absolute Gasteiger partial charge is 0.455 e. The Morgan fingerprint density at radius 2 is 1.74 bits per heavy atom. The maximum atomic E-state index is 6.28. The molecule has 1 atom stereocenters. The van der Waals surface area contributed by atoms with Crippen molar-refractivity contribution in [3.05, 3.63) is 46.7 Å². The van der Waals surface area contributed by atoms with E-state index < -0.39 is 0 Å². The summed E-state index contributed by atoms with van der Waals surface area (Å²) in [6.07, 6.45) is 8.98. The number of nitrogens with two attached hydrogens (primary N) is 1. The zero-order valence-corrected chi connectivity index (χ0v) is 17.3. The Bertz CT molecular complexity index is 803. The van der Waals surface area contributed by atoms with Crippen LogP contribution in [0.1, 0.15) is 56.8 Å². The van der Waals surface area contributed by atoms with Gasteiger partial charge in [-0.15, -0.1) is 0 Å². The lowest BCUT2D eigenvalue weighted by molar-refractivity contribution is -0.718. The van der Waals surface area contributed by atoms with E-state index >= 15 is 0 Å². The lowest BCUT2D eigenvalue weighted by Gasteiger charge is -2.57. The van der Waals surface area contributed by atoms with E-state index in [0.29, 0.717) is 11.5 Å². The van der Waals surface area contributed by atoms with Crippen molar-refractivity contribution in [1.82, 2.24) is 0 Å². The van der Waals surface area contributed by atoms with Crippen molar-refractivity contribution in [2.75, 3.05) is 0 Å². The maximum Gasteiger partial charge on any atom is 0.158 e. The first kappa shape index (κ1) is 17.8. The van der Waals surface area contributed by atoms with Gasteiger partial charge in [0.05, 0.1) is 6.04 Å². The summed E-state index contributed by atoms with van der Waals surface area (Å²) in [6.45, 7) is 5.46. The van der Waals surface area contributed by atoms with E-state index in [1.807, 2.05) is 12.1 Å². The quantitative estimate of drug-likeness (QED) is 0.716. The van der Waals surface area contributed by atoms with E-state index in [1.165, 1.54) is 38.5 Å². The third kappa shape index (κ3) is 3.15. The normalized spacial score (nSPS) is 32.8. The number of hydrogen-bond donors (Lipinski definition) is 1. The molecule has 144 valence electrons. The van der Waals surface area contributed by atoms with Gasteiger partial charge in [0.2, 0.25) is 0 Å². The molecule has 0 unspecified atom stereocenters. The third-order valence-corrected chi connectivity index (χ3v) is 8.33. The Morgan fingerprint density at radius 3 is 2.41 bits per heavy atom. The first-order chi connectivity index (χ1) is 13.0. The van der Waals surface area contributed by atoms with Gasteiger partial charge in [0.15, 0.2) is 5.76 Å². The average molecular weight is 385 g/mol. The number of hydrogen-bond acceptors (Lipinski definition) is 1. The molecule has 2 aromatic rings. The summed E-state index contributed by atoms with van der Waals surface area (Å²) in [6, 6.07) is 10.9. The van der Waals surface area contributed by atoms with Crippen LogP contribution in [0.15, 0.2) is 34.7 Å². The highest BCUT2D eigenvalue weighted by molar-refractivity contribution is 6.31. The molecule has 2 N–H and O–H groups in total. The molecule has 0 radical (unpaired) electrons. The summed E-state index contributed by atoms with van der Waals surface area (Å²) in [7, 11) is 0. The van der Waals surface area contributed by atoms with Gasteiger partial charge in [-0.25, -0.2) is 0 Å². The molecular formula is C24H31ClNO+. The van der Waals surface area contributed by atoms with Crippen molar-refractivity contribution in [2.45, 2.75) is 65.0 Å². The molecule has 0 saturated heterocycles. The fraction of sp³-hybridized carbons (Fsp3) is 0.583. The molecular weight excluding hydrogens is 354 g/mol. The first-order valence-corrected chi connectivity index (χ1v) is 11.1. The monoisotopic (exact) mass is 384 g/mol. The van der Waals surface area contributed by atoms with Gasteiger partial charge in [0, 0.05) is 16.0 Å². The highest BCUT2D eigenvalue weighted by atomic mass is 35.5. The van der Waals surface area contributed by atoms with Gasteiger partial charge >= 0.3 is 0 Å². The number of rotatable bonds is 5. The highest BCUT2D eigenvalue weighted by Crippen LogP contribution is 2.60. The first-order valence-electron chi connectivity index (χ1n) is 10.7. The molecule has 6 rings (SSSR count). The molecule has 3 heteroatoms. The fourth-order valence-electron chi connectivity index (χ4n) is 6.79. The molecule has 1 aromatic heterocycles. The molecule has 4 aliphatic carbocycles. The van der Waals surface area contributed by atoms with Gasteiger partial charge in [0.25, 0.3) is 0 Å². The van der Waals surface area contributed by atoms with Gasteiger partial charge in [-0.1, -0.05) is 23.7 Å². The Labute approximate surface area is 167 Å². The van der Waals surface area contributed by atoms with Gasteiger partial charge in [-0.2, -0.15) is 0 Å². The van der Waals surface area contributed by atoms with Gasteiger partial charge in [-0.3, -0.25) is 0 Å². The molecule has 0 aliphatic heterocycles. The minimum absolute atomic E-state index is 0.591. The minimum Gasteiger partial charge on any atom is -0.455 e. The summed E-state index contributed by atoms with van der Waals surface area (Å²) in [4.78, 5) is 0. The molecule has 4 bridgehead atoms. The Kier molecular flexibility index (Phi) is 4.40. The minimum atomic E-state index is 0.591. The maximum absolute atomic E-state index is 6.28. The van der Waals surface area contributed by atoms with Crippen molar-refractivity contribution in [1.29, 1.82) is 0 Å². The molecule has 1 aromatic carbocycles. The second kappa shape index (κ2) is 6.67. The van der Waals surface area contributed by atoms with E-state index in [0.717, 1.165) is 52.0 Å². The summed E-state index contributed by atoms with van der Waals surface area (Å²) >= 11 is 6.28. The van der Waals surface area contributed by atoms with E-state index in [2.05, 4.69) is 37.4 Å². The van der Waals surface area contributed by atoms with Crippen LogP contribution >= 0.6 is 11.6 Å². The second-order valence-corrected chi connectivity index (χ2v) is 10.1. The topological polar surface area (TPSA) is 29.8 Å². The zero-order chi connectivity index (χ0) is 18.6. The Hall–Kier alpha value is -1.25. The summed E-state index contributed by atoms with van der Waals surface area (Å²) in [5.74, 6) is 5.07. The number of benzene rings is 1. The van der Waals surface area contributed by atoms with Crippen LogP contribution in [-0.2, 0) is 6.54 Å². The van der Waals surface area contributed by atoms with Crippen LogP contribution in [0.3, 0.4) is 0 Å². The van der Waals surface area contributed by atoms with Gasteiger partial charge < -0.3 is 9.73 Å². The number of furan rings is 1. The summed E-state index contributed by atoms with van der Waals surface area (Å²) in [5, 5.41) is 3.34. The van der Waals surface area contributed by atoms with Crippen molar-refractivity contribution in [2.24, 2.45) is 23.2 Å². The van der Waals surface area contributed by atoms with Crippen molar-refractivity contribution in [3.8, 4) is 11.3 Å². The molecule has 4 fully saturated rings. The van der Waals surface area contributed by atoms with Gasteiger partial charge in [0.1, 0.15) is 12.3 Å². The van der Waals surface area contributed by atoms with Crippen LogP contribution in [-0.4, -0.2) is 6.04 Å². The van der Waals surface area contributed by atoms with Crippen LogP contribution in [0.2, 0.25) is 5.02 Å². The van der Waals surface area contributed by atoms with Crippen molar-refractivity contribution in [3.63, 3.8) is 0 Å². The van der Waals surface area contributed by atoms with Crippen LogP contribution in [0.5, 0.6) is 0 Å². The van der Waals surface area contributed by atoms with E-state index in [-0.39, 0.29) is 0 Å². The average Bonchev–Trinajstić information content (AvgIpc) is 3.09. The highest BCUT2D eigenvalue weighted by Gasteiger charge is 2.54. The SMILES string of the molecule is Cc1c(Cl)cccc1-c1ccc(C[NH2+][C@H](C)C23CC4CC(CC(C4)C2)C3)o1. The van der Waals surface area contributed by atoms with Gasteiger partial charge in [-0.05, 0) is 93.9 Å². The molecule has 0 spiro atoms. The predicted molar refractivity (Wildman–Crippen MR) is 110 cm³/mol. The number of quaternary nitrogens is 1. The second-order valence-electron chi connectivity index (χ2n) is 9.69. The van der Waals surface area contributed by atoms with E-state index in [1.54, 1.807) is 0 Å². The van der Waals surface area contributed by atoms with E-state index in [9.17, 15) is 0 Å². The molecule has 0 amide bonds. The summed E-state index contributed by atoms with van der Waals surface area (Å²) < 4.78 is 6.18.